The summed E-state index contributed by atoms with van der Waals surface area (Å²) in [7, 11) is 3.72. The number of rotatable bonds is 7. The van der Waals surface area contributed by atoms with E-state index in [1.165, 1.54) is 0 Å². The van der Waals surface area contributed by atoms with E-state index >= 15 is 0 Å². The van der Waals surface area contributed by atoms with Crippen LogP contribution in [-0.4, -0.2) is 127 Å². The van der Waals surface area contributed by atoms with E-state index in [0.29, 0.717) is 12.1 Å². The molecule has 16 heteroatoms. The molecule has 6 rings (SSSR count). The maximum atomic E-state index is 14.5. The number of hydrogen-bond acceptors (Lipinski definition) is 13. The van der Waals surface area contributed by atoms with Crippen molar-refractivity contribution in [3.63, 3.8) is 0 Å². The molecule has 4 aliphatic heterocycles. The van der Waals surface area contributed by atoms with Gasteiger partial charge in [-0.2, -0.15) is 0 Å². The molecule has 0 aliphatic carbocycles. The lowest BCUT2D eigenvalue weighted by Crippen LogP contribution is -2.61. The Labute approximate surface area is 364 Å². The van der Waals surface area contributed by atoms with Crippen molar-refractivity contribution in [3.8, 4) is 0 Å². The molecular formula is C46H66N4O12. The van der Waals surface area contributed by atoms with Gasteiger partial charge in [0.15, 0.2) is 11.9 Å². The van der Waals surface area contributed by atoms with Crippen LogP contribution in [0.1, 0.15) is 81.1 Å². The first-order valence-electron chi connectivity index (χ1n) is 22.0. The van der Waals surface area contributed by atoms with E-state index < -0.39 is 95.7 Å². The van der Waals surface area contributed by atoms with Gasteiger partial charge in [-0.1, -0.05) is 58.0 Å². The maximum absolute atomic E-state index is 14.5. The van der Waals surface area contributed by atoms with E-state index in [1.807, 2.05) is 75.3 Å². The molecule has 15 atom stereocenters. The molecule has 4 aliphatic rings. The monoisotopic (exact) mass is 866 g/mol. The highest BCUT2D eigenvalue weighted by molar-refractivity contribution is 5.94. The molecule has 1 unspecified atom stereocenters. The Bertz CT molecular complexity index is 1960. The number of carbonyl (C=O) groups excluding carboxylic acids is 5. The number of alkyl carbamates (subject to hydrolysis) is 2. The quantitative estimate of drug-likeness (QED) is 0.210. The Kier molecular flexibility index (Phi) is 14.6. The average molecular weight is 867 g/mol. The highest BCUT2D eigenvalue weighted by Crippen LogP contribution is 2.42. The molecule has 3 amide bonds. The van der Waals surface area contributed by atoms with Crippen LogP contribution in [0.5, 0.6) is 0 Å². The highest BCUT2D eigenvalue weighted by Gasteiger charge is 2.58. The lowest BCUT2D eigenvalue weighted by atomic mass is 9.73. The van der Waals surface area contributed by atoms with E-state index in [9.17, 15) is 29.1 Å². The van der Waals surface area contributed by atoms with Crippen molar-refractivity contribution in [1.82, 2.24) is 15.5 Å². The lowest BCUT2D eigenvalue weighted by molar-refractivity contribution is -0.299. The Morgan fingerprint density at radius 2 is 1.68 bits per heavy atom. The van der Waals surface area contributed by atoms with Gasteiger partial charge in [0.2, 0.25) is 5.91 Å². The summed E-state index contributed by atoms with van der Waals surface area (Å²) in [6.07, 6.45) is -6.66. The number of carbonyl (C=O) groups is 5. The number of ketones is 1. The molecule has 0 spiro atoms. The van der Waals surface area contributed by atoms with Gasteiger partial charge in [0.1, 0.15) is 29.7 Å². The topological polar surface area (TPSA) is 200 Å². The van der Waals surface area contributed by atoms with Crippen LogP contribution in [0.4, 0.5) is 15.3 Å². The molecule has 2 aromatic carbocycles. The molecule has 0 radical (unpaired) electrons. The summed E-state index contributed by atoms with van der Waals surface area (Å²) in [6, 6.07) is 12.2. The number of nitrogens with one attached hydrogen (secondary N) is 3. The van der Waals surface area contributed by atoms with Crippen LogP contribution in [0, 0.1) is 29.6 Å². The second kappa shape index (κ2) is 19.2. The number of anilines is 1. The SMILES string of the molecule is CC[C@H]1OC(=O)[C@H](C)[C@H]2OCC(CC(=O)Nc3ccc4ccccc4c3)CNC(=O)O[C@](C)(C[C@@H](C)C(=O)[C@H](C)[C@@H]3NC(=O)O[C@]13C)[C@H](O[C@@H]1O[C@H](C)C[C@H](N(C)C)[C@H]1O)[C@H]2C. The molecule has 4 heterocycles. The third kappa shape index (κ3) is 10.0. The summed E-state index contributed by atoms with van der Waals surface area (Å²) in [5.74, 6) is -5.24. The van der Waals surface area contributed by atoms with Gasteiger partial charge in [-0.05, 0) is 84.0 Å². The second-order valence-electron chi connectivity index (χ2n) is 18.7. The Hall–Kier alpha value is -4.35. The van der Waals surface area contributed by atoms with Gasteiger partial charge >= 0.3 is 18.2 Å². The van der Waals surface area contributed by atoms with Gasteiger partial charge in [0.25, 0.3) is 0 Å². The molecule has 0 saturated carbocycles. The zero-order valence-corrected chi connectivity index (χ0v) is 37.7. The van der Waals surface area contributed by atoms with Crippen molar-refractivity contribution in [2.75, 3.05) is 32.6 Å². The molecule has 4 N–H and O–H groups in total. The van der Waals surface area contributed by atoms with Crippen molar-refractivity contribution >= 4 is 46.3 Å². The molecule has 16 nitrogen and oxygen atoms in total. The number of fused-ring (bicyclic) bond motifs is 5. The minimum absolute atomic E-state index is 0.0293. The molecule has 2 aromatic rings. The highest BCUT2D eigenvalue weighted by atomic mass is 16.7. The fraction of sp³-hybridized carbons (Fsp3) is 0.674. The summed E-state index contributed by atoms with van der Waals surface area (Å²) >= 11 is 0. The fourth-order valence-corrected chi connectivity index (χ4v) is 10.2. The van der Waals surface area contributed by atoms with E-state index in [1.54, 1.807) is 41.5 Å². The van der Waals surface area contributed by atoms with Gasteiger partial charge < -0.3 is 54.4 Å². The first kappa shape index (κ1) is 47.1. The van der Waals surface area contributed by atoms with E-state index in [4.69, 9.17) is 28.4 Å². The van der Waals surface area contributed by atoms with Crippen molar-refractivity contribution in [3.05, 3.63) is 42.5 Å². The molecule has 62 heavy (non-hydrogen) atoms. The predicted octanol–water partition coefficient (Wildman–Crippen LogP) is 5.19. The van der Waals surface area contributed by atoms with Crippen LogP contribution in [-0.2, 0) is 42.8 Å². The number of amides is 3. The largest absolute Gasteiger partial charge is 0.458 e. The van der Waals surface area contributed by atoms with Crippen LogP contribution < -0.4 is 16.0 Å². The standard InChI is InChI=1S/C46H66N4O12/c1-11-34-46(8)39(49-44(56)62-46)26(4)36(52)24(2)21-45(7)40(60-42-37(53)33(50(9)10)18-25(3)58-42)27(5)38(28(6)41(54)59-34)57-23-29(22-47-43(55)61-45)19-35(51)48-32-17-16-30-14-12-13-15-31(30)20-32/h12-17,20,24-29,33-34,37-40,42,53H,11,18-19,21-23H2,1-10H3,(H,47,55)(H,48,51)(H,49,56)/t24-,25-,26+,27+,28-,29?,33+,34-,37-,38+,39+,40-,42+,45-,46-/m1/s1. The normalized spacial score (nSPS) is 38.7. The number of esters is 1. The number of aliphatic hydroxyl groups is 1. The molecule has 342 valence electrons. The van der Waals surface area contributed by atoms with Gasteiger partial charge in [-0.15, -0.1) is 0 Å². The number of ether oxygens (including phenoxy) is 6. The maximum Gasteiger partial charge on any atom is 0.408 e. The van der Waals surface area contributed by atoms with E-state index in [2.05, 4.69) is 16.0 Å². The van der Waals surface area contributed by atoms with Crippen LogP contribution in [0.15, 0.2) is 42.5 Å². The van der Waals surface area contributed by atoms with Gasteiger partial charge in [-0.3, -0.25) is 14.4 Å². The van der Waals surface area contributed by atoms with Crippen molar-refractivity contribution in [1.29, 1.82) is 0 Å². The first-order chi connectivity index (χ1) is 29.2. The number of aliphatic hydroxyl groups excluding tert-OH is 1. The van der Waals surface area contributed by atoms with Crippen LogP contribution in [0.2, 0.25) is 0 Å². The number of Topliss-reactive ketones (excluding diaryl/α,β-unsaturated/α-hetero) is 1. The smallest absolute Gasteiger partial charge is 0.408 e. The molecular weight excluding hydrogens is 801 g/mol. The second-order valence-corrected chi connectivity index (χ2v) is 18.7. The van der Waals surface area contributed by atoms with Crippen LogP contribution >= 0.6 is 0 Å². The summed E-state index contributed by atoms with van der Waals surface area (Å²) < 4.78 is 38.4. The molecule has 0 aromatic heterocycles. The Morgan fingerprint density at radius 1 is 0.968 bits per heavy atom. The van der Waals surface area contributed by atoms with Gasteiger partial charge in [0, 0.05) is 48.4 Å². The van der Waals surface area contributed by atoms with Crippen molar-refractivity contribution in [2.24, 2.45) is 29.6 Å². The summed E-state index contributed by atoms with van der Waals surface area (Å²) in [5.41, 5.74) is -2.42. The van der Waals surface area contributed by atoms with Crippen LogP contribution in [0.25, 0.3) is 10.8 Å². The van der Waals surface area contributed by atoms with E-state index in [-0.39, 0.29) is 56.3 Å². The number of cyclic esters (lactones) is 1. The van der Waals surface area contributed by atoms with Gasteiger partial charge in [-0.25, -0.2) is 9.59 Å². The number of benzene rings is 2. The third-order valence-corrected chi connectivity index (χ3v) is 13.5. The van der Waals surface area contributed by atoms with Crippen molar-refractivity contribution in [2.45, 2.75) is 141 Å². The van der Waals surface area contributed by atoms with E-state index in [0.717, 1.165) is 10.8 Å². The summed E-state index contributed by atoms with van der Waals surface area (Å²) in [5, 5.41) is 22.3. The molecule has 2 bridgehead atoms. The summed E-state index contributed by atoms with van der Waals surface area (Å²) in [6.45, 7) is 13.8. The first-order valence-corrected chi connectivity index (χ1v) is 22.0. The van der Waals surface area contributed by atoms with Gasteiger partial charge in [0.05, 0.1) is 30.8 Å². The minimum Gasteiger partial charge on any atom is -0.458 e. The molecule has 4 fully saturated rings. The third-order valence-electron chi connectivity index (χ3n) is 13.5. The Balaban J connectivity index is 1.40. The number of likely N-dealkylation sites (N-methyl/N-ethyl adjacent to an activating group) is 1. The zero-order valence-electron chi connectivity index (χ0n) is 37.7. The zero-order chi connectivity index (χ0) is 45.3. The summed E-state index contributed by atoms with van der Waals surface area (Å²) in [4.78, 5) is 71.5. The lowest BCUT2D eigenvalue weighted by Gasteiger charge is -2.48. The average Bonchev–Trinajstić information content (AvgIpc) is 3.53. The predicted molar refractivity (Wildman–Crippen MR) is 229 cm³/mol. The van der Waals surface area contributed by atoms with Crippen molar-refractivity contribution < 1.29 is 57.5 Å². The van der Waals surface area contributed by atoms with Crippen LogP contribution in [0.3, 0.4) is 0 Å². The minimum atomic E-state index is -1.62. The number of hydrogen-bond donors (Lipinski definition) is 4. The molecule has 4 saturated heterocycles. The Morgan fingerprint density at radius 3 is 2.37 bits per heavy atom. The number of nitrogens with zero attached hydrogens (tertiary/aromatic N) is 1. The fourth-order valence-electron chi connectivity index (χ4n) is 10.2.